The fraction of sp³-hybridized carbons (Fsp3) is 0.500. The van der Waals surface area contributed by atoms with E-state index in [0.717, 1.165) is 23.5 Å². The summed E-state index contributed by atoms with van der Waals surface area (Å²) in [6.07, 6.45) is 2.94. The quantitative estimate of drug-likeness (QED) is 0.751. The minimum absolute atomic E-state index is 0.292. The summed E-state index contributed by atoms with van der Waals surface area (Å²) < 4.78 is 0. The van der Waals surface area contributed by atoms with E-state index in [4.69, 9.17) is 28.9 Å². The molecule has 6 heteroatoms. The van der Waals surface area contributed by atoms with E-state index in [1.54, 1.807) is 17.8 Å². The van der Waals surface area contributed by atoms with Gasteiger partial charge in [0.1, 0.15) is 0 Å². The Hall–Kier alpha value is -0.420. The molecule has 1 aromatic carbocycles. The molecule has 3 N–H and O–H groups in total. The van der Waals surface area contributed by atoms with Crippen LogP contribution in [0.4, 0.5) is 0 Å². The number of nitrogens with one attached hydrogen (secondary N) is 1. The van der Waals surface area contributed by atoms with Gasteiger partial charge in [-0.3, -0.25) is 4.79 Å². The summed E-state index contributed by atoms with van der Waals surface area (Å²) >= 11 is 13.5. The molecule has 1 fully saturated rings. The van der Waals surface area contributed by atoms with Gasteiger partial charge >= 0.3 is 0 Å². The van der Waals surface area contributed by atoms with Gasteiger partial charge in [0.25, 0.3) is 0 Å². The molecule has 0 saturated heterocycles. The van der Waals surface area contributed by atoms with Gasteiger partial charge in [0.05, 0.1) is 15.6 Å². The molecule has 20 heavy (non-hydrogen) atoms. The molecule has 0 heterocycles. The molecule has 110 valence electrons. The molecular weight excluding hydrogens is 315 g/mol. The lowest BCUT2D eigenvalue weighted by atomic mass is 9.98. The van der Waals surface area contributed by atoms with Crippen LogP contribution >= 0.6 is 35.0 Å². The van der Waals surface area contributed by atoms with Crippen molar-refractivity contribution < 1.29 is 4.79 Å². The van der Waals surface area contributed by atoms with E-state index >= 15 is 0 Å². The topological polar surface area (TPSA) is 55.1 Å². The van der Waals surface area contributed by atoms with Gasteiger partial charge in [0.2, 0.25) is 5.91 Å². The average molecular weight is 333 g/mol. The van der Waals surface area contributed by atoms with Crippen LogP contribution in [0.1, 0.15) is 26.2 Å². The van der Waals surface area contributed by atoms with E-state index in [-0.39, 0.29) is 5.91 Å². The number of nitrogens with two attached hydrogens (primary N) is 1. The van der Waals surface area contributed by atoms with Crippen molar-refractivity contribution in [3.8, 4) is 0 Å². The first-order chi connectivity index (χ1) is 9.40. The number of thioether (sulfide) groups is 1. The van der Waals surface area contributed by atoms with E-state index in [0.29, 0.717) is 22.5 Å². The summed E-state index contributed by atoms with van der Waals surface area (Å²) in [5, 5.41) is 4.43. The molecule has 1 amide bonds. The average Bonchev–Trinajstić information content (AvgIpc) is 3.17. The number of amides is 1. The van der Waals surface area contributed by atoms with Gasteiger partial charge in [-0.25, -0.2) is 0 Å². The van der Waals surface area contributed by atoms with Gasteiger partial charge in [-0.2, -0.15) is 0 Å². The summed E-state index contributed by atoms with van der Waals surface area (Å²) in [4.78, 5) is 12.7. The maximum Gasteiger partial charge on any atom is 0.237 e. The number of hydrogen-bond donors (Lipinski definition) is 2. The minimum Gasteiger partial charge on any atom is -0.368 e. The fourth-order valence-electron chi connectivity index (χ4n) is 1.88. The largest absolute Gasteiger partial charge is 0.368 e. The summed E-state index contributed by atoms with van der Waals surface area (Å²) in [6, 6.07) is 5.99. The SMILES string of the molecule is CC(CCSc1ccc(Cl)c(Cl)c1)(NC1CC1)C(N)=O. The number of benzene rings is 1. The van der Waals surface area contributed by atoms with Crippen molar-refractivity contribution in [3.05, 3.63) is 28.2 Å². The van der Waals surface area contributed by atoms with Crippen LogP contribution in [0, 0.1) is 0 Å². The van der Waals surface area contributed by atoms with Crippen molar-refractivity contribution in [2.24, 2.45) is 5.73 Å². The fourth-order valence-corrected chi connectivity index (χ4v) is 3.36. The Morgan fingerprint density at radius 3 is 2.70 bits per heavy atom. The van der Waals surface area contributed by atoms with Crippen molar-refractivity contribution in [3.63, 3.8) is 0 Å². The molecule has 0 bridgehead atoms. The molecule has 3 nitrogen and oxygen atoms in total. The Balaban J connectivity index is 1.89. The normalized spacial score (nSPS) is 17.8. The maximum absolute atomic E-state index is 11.6. The van der Waals surface area contributed by atoms with Crippen molar-refractivity contribution >= 4 is 40.9 Å². The molecule has 0 aliphatic heterocycles. The zero-order valence-electron chi connectivity index (χ0n) is 11.3. The third-order valence-corrected chi connectivity index (χ3v) is 5.14. The maximum atomic E-state index is 11.6. The van der Waals surface area contributed by atoms with Crippen LogP contribution in [0.15, 0.2) is 23.1 Å². The molecule has 0 aromatic heterocycles. The van der Waals surface area contributed by atoms with Gasteiger partial charge in [-0.15, -0.1) is 11.8 Å². The van der Waals surface area contributed by atoms with E-state index < -0.39 is 5.54 Å². The lowest BCUT2D eigenvalue weighted by molar-refractivity contribution is -0.124. The molecule has 0 spiro atoms. The highest BCUT2D eigenvalue weighted by Crippen LogP contribution is 2.30. The number of carbonyl (C=O) groups excluding carboxylic acids is 1. The van der Waals surface area contributed by atoms with E-state index in [9.17, 15) is 4.79 Å². The Labute approximate surface area is 133 Å². The summed E-state index contributed by atoms with van der Waals surface area (Å²) in [7, 11) is 0. The highest BCUT2D eigenvalue weighted by atomic mass is 35.5. The number of primary amides is 1. The van der Waals surface area contributed by atoms with Gasteiger partial charge in [0.15, 0.2) is 0 Å². The standard InChI is InChI=1S/C14H18Cl2N2OS/c1-14(13(17)19,18-9-2-3-9)6-7-20-10-4-5-11(15)12(16)8-10/h4-5,8-9,18H,2-3,6-7H2,1H3,(H2,17,19). The van der Waals surface area contributed by atoms with Gasteiger partial charge < -0.3 is 11.1 Å². The molecule has 1 saturated carbocycles. The Morgan fingerprint density at radius 2 is 2.15 bits per heavy atom. The first-order valence-corrected chi connectivity index (χ1v) is 8.30. The van der Waals surface area contributed by atoms with Gasteiger partial charge in [-0.05, 0) is 44.4 Å². The lowest BCUT2D eigenvalue weighted by Gasteiger charge is -2.27. The monoisotopic (exact) mass is 332 g/mol. The molecule has 0 radical (unpaired) electrons. The summed E-state index contributed by atoms with van der Waals surface area (Å²) in [6.45, 7) is 1.88. The first kappa shape index (κ1) is 16.0. The highest BCUT2D eigenvalue weighted by molar-refractivity contribution is 7.99. The minimum atomic E-state index is -0.635. The zero-order valence-corrected chi connectivity index (χ0v) is 13.6. The van der Waals surface area contributed by atoms with Crippen LogP contribution in [0.5, 0.6) is 0 Å². The third kappa shape index (κ3) is 4.29. The second-order valence-corrected chi connectivity index (χ2v) is 7.27. The Morgan fingerprint density at radius 1 is 1.45 bits per heavy atom. The van der Waals surface area contributed by atoms with Crippen molar-refractivity contribution in [2.75, 3.05) is 5.75 Å². The number of halogens is 2. The number of rotatable bonds is 7. The number of hydrogen-bond acceptors (Lipinski definition) is 3. The second kappa shape index (κ2) is 6.56. The van der Waals surface area contributed by atoms with Crippen LogP contribution in [-0.2, 0) is 4.79 Å². The molecule has 1 unspecified atom stereocenters. The van der Waals surface area contributed by atoms with E-state index in [2.05, 4.69) is 5.32 Å². The molecule has 1 aliphatic carbocycles. The molecule has 2 rings (SSSR count). The van der Waals surface area contributed by atoms with Crippen molar-refractivity contribution in [1.29, 1.82) is 0 Å². The van der Waals surface area contributed by atoms with E-state index in [1.807, 2.05) is 19.1 Å². The molecule has 1 atom stereocenters. The summed E-state index contributed by atoms with van der Waals surface area (Å²) in [5.41, 5.74) is 4.89. The van der Waals surface area contributed by atoms with Crippen LogP contribution in [0.3, 0.4) is 0 Å². The van der Waals surface area contributed by atoms with Crippen LogP contribution in [-0.4, -0.2) is 23.2 Å². The summed E-state index contributed by atoms with van der Waals surface area (Å²) in [5.74, 6) is 0.496. The van der Waals surface area contributed by atoms with Gasteiger partial charge in [-0.1, -0.05) is 23.2 Å². The first-order valence-electron chi connectivity index (χ1n) is 6.56. The zero-order chi connectivity index (χ0) is 14.8. The van der Waals surface area contributed by atoms with Crippen molar-refractivity contribution in [2.45, 2.75) is 42.7 Å². The lowest BCUT2D eigenvalue weighted by Crippen LogP contribution is -2.54. The highest BCUT2D eigenvalue weighted by Gasteiger charge is 2.36. The number of carbonyl (C=O) groups is 1. The molecular formula is C14H18Cl2N2OS. The molecule has 1 aromatic rings. The van der Waals surface area contributed by atoms with Crippen LogP contribution < -0.4 is 11.1 Å². The van der Waals surface area contributed by atoms with Crippen molar-refractivity contribution in [1.82, 2.24) is 5.32 Å². The Bertz CT molecular complexity index is 508. The Kier molecular flexibility index (Phi) is 5.24. The third-order valence-electron chi connectivity index (χ3n) is 3.41. The predicted molar refractivity (Wildman–Crippen MR) is 85.6 cm³/mol. The van der Waals surface area contributed by atoms with E-state index in [1.165, 1.54) is 0 Å². The van der Waals surface area contributed by atoms with Crippen LogP contribution in [0.25, 0.3) is 0 Å². The smallest absolute Gasteiger partial charge is 0.237 e. The van der Waals surface area contributed by atoms with Crippen LogP contribution in [0.2, 0.25) is 10.0 Å². The second-order valence-electron chi connectivity index (χ2n) is 5.29. The molecule has 1 aliphatic rings. The van der Waals surface area contributed by atoms with Gasteiger partial charge in [0, 0.05) is 16.7 Å². The predicted octanol–water partition coefficient (Wildman–Crippen LogP) is 3.47.